The van der Waals surface area contributed by atoms with E-state index in [1.54, 1.807) is 6.07 Å². The largest absolute Gasteiger partial charge is 0.447 e. The van der Waals surface area contributed by atoms with E-state index in [4.69, 9.17) is 9.15 Å². The van der Waals surface area contributed by atoms with E-state index >= 15 is 0 Å². The van der Waals surface area contributed by atoms with Gasteiger partial charge in [-0.05, 0) is 38.3 Å². The molecule has 0 radical (unpaired) electrons. The van der Waals surface area contributed by atoms with Crippen LogP contribution in [0.4, 0.5) is 0 Å². The van der Waals surface area contributed by atoms with E-state index in [0.717, 1.165) is 0 Å². The second kappa shape index (κ2) is 5.14. The Hall–Kier alpha value is -0.890. The van der Waals surface area contributed by atoms with Gasteiger partial charge in [-0.1, -0.05) is 0 Å². The molecule has 1 aromatic rings. The highest BCUT2D eigenvalue weighted by atomic mass is 32.2. The molecule has 2 fully saturated rings. The summed E-state index contributed by atoms with van der Waals surface area (Å²) in [6.07, 6.45) is 3.04. The topological polar surface area (TPSA) is 80.6 Å². The van der Waals surface area contributed by atoms with Crippen LogP contribution in [-0.2, 0) is 21.3 Å². The SMILES string of the molecule is CC1(NS(=O)(=O)c2ccc(CNC3CC3)o2)CCOC1. The van der Waals surface area contributed by atoms with Gasteiger partial charge in [-0.15, -0.1) is 0 Å². The summed E-state index contributed by atoms with van der Waals surface area (Å²) in [6, 6.07) is 3.77. The van der Waals surface area contributed by atoms with Gasteiger partial charge in [0.1, 0.15) is 5.76 Å². The van der Waals surface area contributed by atoms with Crippen LogP contribution in [0.5, 0.6) is 0 Å². The Bertz CT molecular complexity index is 571. The van der Waals surface area contributed by atoms with Gasteiger partial charge in [0.15, 0.2) is 0 Å². The molecule has 1 aromatic heterocycles. The average molecular weight is 300 g/mol. The summed E-state index contributed by atoms with van der Waals surface area (Å²) in [5.41, 5.74) is -0.544. The van der Waals surface area contributed by atoms with Crippen LogP contribution in [0.1, 0.15) is 31.9 Å². The molecule has 1 saturated heterocycles. The van der Waals surface area contributed by atoms with Gasteiger partial charge in [0, 0.05) is 12.6 Å². The molecule has 3 rings (SSSR count). The lowest BCUT2D eigenvalue weighted by atomic mass is 10.0. The predicted octanol–water partition coefficient (Wildman–Crippen LogP) is 0.989. The highest BCUT2D eigenvalue weighted by Crippen LogP contribution is 2.23. The van der Waals surface area contributed by atoms with E-state index in [-0.39, 0.29) is 5.09 Å². The lowest BCUT2D eigenvalue weighted by Crippen LogP contribution is -2.46. The molecule has 2 N–H and O–H groups in total. The zero-order chi connectivity index (χ0) is 14.2. The first-order valence-electron chi connectivity index (χ1n) is 6.91. The molecule has 1 saturated carbocycles. The number of furan rings is 1. The minimum Gasteiger partial charge on any atom is -0.447 e. The zero-order valence-electron chi connectivity index (χ0n) is 11.5. The van der Waals surface area contributed by atoms with E-state index in [2.05, 4.69) is 10.0 Å². The van der Waals surface area contributed by atoms with Crippen molar-refractivity contribution in [1.82, 2.24) is 10.0 Å². The minimum absolute atomic E-state index is 0.0294. The number of hydrogen-bond acceptors (Lipinski definition) is 5. The third-order valence-corrected chi connectivity index (χ3v) is 5.15. The fourth-order valence-corrected chi connectivity index (χ4v) is 3.63. The number of hydrogen-bond donors (Lipinski definition) is 2. The van der Waals surface area contributed by atoms with Gasteiger partial charge >= 0.3 is 0 Å². The van der Waals surface area contributed by atoms with Crippen molar-refractivity contribution >= 4 is 10.0 Å². The average Bonchev–Trinajstić information content (AvgIpc) is 2.90. The van der Waals surface area contributed by atoms with Crippen molar-refractivity contribution in [2.75, 3.05) is 13.2 Å². The fourth-order valence-electron chi connectivity index (χ4n) is 2.25. The first kappa shape index (κ1) is 14.1. The highest BCUT2D eigenvalue weighted by molar-refractivity contribution is 7.89. The molecule has 0 spiro atoms. The molecular weight excluding hydrogens is 280 g/mol. The molecule has 0 aromatic carbocycles. The Kier molecular flexibility index (Phi) is 3.62. The van der Waals surface area contributed by atoms with Crippen LogP contribution in [0.2, 0.25) is 0 Å². The van der Waals surface area contributed by atoms with Crippen LogP contribution in [0.25, 0.3) is 0 Å². The molecule has 1 atom stereocenters. The molecule has 2 aliphatic rings. The van der Waals surface area contributed by atoms with Gasteiger partial charge in [-0.2, -0.15) is 0 Å². The molecule has 1 aliphatic heterocycles. The maximum absolute atomic E-state index is 12.3. The molecule has 0 bridgehead atoms. The zero-order valence-corrected chi connectivity index (χ0v) is 12.3. The summed E-state index contributed by atoms with van der Waals surface area (Å²) in [4.78, 5) is 0. The summed E-state index contributed by atoms with van der Waals surface area (Å²) in [7, 11) is -3.63. The maximum atomic E-state index is 12.3. The van der Waals surface area contributed by atoms with Crippen molar-refractivity contribution in [1.29, 1.82) is 0 Å². The van der Waals surface area contributed by atoms with Crippen LogP contribution < -0.4 is 10.0 Å². The molecule has 7 heteroatoms. The van der Waals surface area contributed by atoms with Gasteiger partial charge in [-0.25, -0.2) is 13.1 Å². The Labute approximate surface area is 118 Å². The lowest BCUT2D eigenvalue weighted by Gasteiger charge is -2.22. The maximum Gasteiger partial charge on any atom is 0.274 e. The first-order chi connectivity index (χ1) is 9.47. The first-order valence-corrected chi connectivity index (χ1v) is 8.39. The molecule has 112 valence electrons. The van der Waals surface area contributed by atoms with Crippen molar-refractivity contribution in [2.45, 2.75) is 49.4 Å². The summed E-state index contributed by atoms with van der Waals surface area (Å²) >= 11 is 0. The summed E-state index contributed by atoms with van der Waals surface area (Å²) in [5.74, 6) is 0.644. The van der Waals surface area contributed by atoms with E-state index < -0.39 is 15.6 Å². The van der Waals surface area contributed by atoms with Crippen LogP contribution in [0.3, 0.4) is 0 Å². The number of rotatable bonds is 6. The van der Waals surface area contributed by atoms with Crippen LogP contribution in [-0.4, -0.2) is 33.2 Å². The molecule has 20 heavy (non-hydrogen) atoms. The fraction of sp³-hybridized carbons (Fsp3) is 0.692. The van der Waals surface area contributed by atoms with E-state index in [0.29, 0.717) is 38.0 Å². The van der Waals surface area contributed by atoms with Gasteiger partial charge < -0.3 is 14.5 Å². The molecule has 2 heterocycles. The summed E-state index contributed by atoms with van der Waals surface area (Å²) in [5, 5.41) is 3.26. The Morgan fingerprint density at radius 2 is 2.20 bits per heavy atom. The second-order valence-electron chi connectivity index (χ2n) is 5.84. The van der Waals surface area contributed by atoms with Crippen molar-refractivity contribution in [3.63, 3.8) is 0 Å². The van der Waals surface area contributed by atoms with Crippen molar-refractivity contribution in [3.8, 4) is 0 Å². The van der Waals surface area contributed by atoms with E-state index in [1.165, 1.54) is 18.9 Å². The standard InChI is InChI=1S/C13H20N2O4S/c1-13(6-7-18-9-13)15-20(16,17)12-5-4-11(19-12)8-14-10-2-3-10/h4-5,10,14-15H,2-3,6-9H2,1H3. The third kappa shape index (κ3) is 3.22. The van der Waals surface area contributed by atoms with E-state index in [9.17, 15) is 8.42 Å². The number of nitrogens with one attached hydrogen (secondary N) is 2. The summed E-state index contributed by atoms with van der Waals surface area (Å²) in [6.45, 7) is 3.38. The molecule has 1 aliphatic carbocycles. The van der Waals surface area contributed by atoms with Crippen LogP contribution >= 0.6 is 0 Å². The smallest absolute Gasteiger partial charge is 0.274 e. The molecule has 0 amide bonds. The Balaban J connectivity index is 1.66. The second-order valence-corrected chi connectivity index (χ2v) is 7.46. The minimum atomic E-state index is -3.63. The quantitative estimate of drug-likeness (QED) is 0.819. The molecular formula is C13H20N2O4S. The van der Waals surface area contributed by atoms with Crippen molar-refractivity contribution in [2.24, 2.45) is 0 Å². The van der Waals surface area contributed by atoms with Gasteiger partial charge in [0.2, 0.25) is 5.09 Å². The van der Waals surface area contributed by atoms with Crippen LogP contribution in [0.15, 0.2) is 21.6 Å². The van der Waals surface area contributed by atoms with Crippen molar-refractivity contribution in [3.05, 3.63) is 17.9 Å². The molecule has 6 nitrogen and oxygen atoms in total. The predicted molar refractivity (Wildman–Crippen MR) is 72.7 cm³/mol. The normalized spacial score (nSPS) is 27.1. The van der Waals surface area contributed by atoms with Gasteiger partial charge in [0.25, 0.3) is 10.0 Å². The Morgan fingerprint density at radius 3 is 2.85 bits per heavy atom. The van der Waals surface area contributed by atoms with Crippen LogP contribution in [0, 0.1) is 0 Å². The molecule has 1 unspecified atom stereocenters. The third-order valence-electron chi connectivity index (χ3n) is 3.64. The Morgan fingerprint density at radius 1 is 1.40 bits per heavy atom. The highest BCUT2D eigenvalue weighted by Gasteiger charge is 2.35. The monoisotopic (exact) mass is 300 g/mol. The lowest BCUT2D eigenvalue weighted by molar-refractivity contribution is 0.178. The number of ether oxygens (including phenoxy) is 1. The van der Waals surface area contributed by atoms with Gasteiger partial charge in [0.05, 0.1) is 18.7 Å². The van der Waals surface area contributed by atoms with Crippen molar-refractivity contribution < 1.29 is 17.6 Å². The number of sulfonamides is 1. The summed E-state index contributed by atoms with van der Waals surface area (Å²) < 4.78 is 37.9. The van der Waals surface area contributed by atoms with Gasteiger partial charge in [-0.3, -0.25) is 0 Å². The van der Waals surface area contributed by atoms with E-state index in [1.807, 2.05) is 6.92 Å².